The topological polar surface area (TPSA) is 58.6 Å². The number of para-hydroxylation sites is 1. The van der Waals surface area contributed by atoms with Gasteiger partial charge in [-0.2, -0.15) is 0 Å². The average Bonchev–Trinajstić information content (AvgIpc) is 2.77. The Morgan fingerprint density at radius 2 is 1.69 bits per heavy atom. The highest BCUT2D eigenvalue weighted by molar-refractivity contribution is 14.1. The maximum absolute atomic E-state index is 13.0. The molecule has 3 rings (SSSR count). The predicted molar refractivity (Wildman–Crippen MR) is 122 cm³/mol. The summed E-state index contributed by atoms with van der Waals surface area (Å²) in [6.45, 7) is 0.419. The molecular formula is C23H21IN2O3. The molecular weight excluding hydrogens is 479 g/mol. The van der Waals surface area contributed by atoms with Gasteiger partial charge in [-0.15, -0.1) is 0 Å². The lowest BCUT2D eigenvalue weighted by Crippen LogP contribution is -2.30. The van der Waals surface area contributed by atoms with E-state index in [1.807, 2.05) is 36.4 Å². The Kier molecular flexibility index (Phi) is 6.87. The summed E-state index contributed by atoms with van der Waals surface area (Å²) in [4.78, 5) is 27.3. The lowest BCUT2D eigenvalue weighted by Gasteiger charge is -2.21. The molecule has 0 atom stereocenters. The second-order valence-corrected chi connectivity index (χ2v) is 7.56. The normalized spacial score (nSPS) is 10.3. The maximum Gasteiger partial charge on any atom is 0.258 e. The smallest absolute Gasteiger partial charge is 0.258 e. The molecule has 0 heterocycles. The molecule has 0 saturated heterocycles. The van der Waals surface area contributed by atoms with E-state index < -0.39 is 0 Å². The summed E-state index contributed by atoms with van der Waals surface area (Å²) in [7, 11) is 3.26. The first-order valence-corrected chi connectivity index (χ1v) is 10.1. The van der Waals surface area contributed by atoms with Crippen molar-refractivity contribution in [3.8, 4) is 5.75 Å². The van der Waals surface area contributed by atoms with E-state index >= 15 is 0 Å². The van der Waals surface area contributed by atoms with Crippen LogP contribution in [0.4, 0.5) is 5.69 Å². The zero-order chi connectivity index (χ0) is 20.8. The second kappa shape index (κ2) is 9.56. The number of ether oxygens (including phenoxy) is 1. The molecule has 148 valence electrons. The summed E-state index contributed by atoms with van der Waals surface area (Å²) in [5, 5.41) is 2.92. The van der Waals surface area contributed by atoms with Crippen LogP contribution >= 0.6 is 22.6 Å². The van der Waals surface area contributed by atoms with Crippen molar-refractivity contribution in [2.75, 3.05) is 19.1 Å². The van der Waals surface area contributed by atoms with Crippen molar-refractivity contribution in [1.82, 2.24) is 5.32 Å². The van der Waals surface area contributed by atoms with Gasteiger partial charge in [-0.1, -0.05) is 42.5 Å². The summed E-state index contributed by atoms with van der Waals surface area (Å²) in [6, 6.07) is 22.0. The third-order valence-corrected chi connectivity index (χ3v) is 5.35. The summed E-state index contributed by atoms with van der Waals surface area (Å²) in [5.74, 6) is 0.285. The van der Waals surface area contributed by atoms with Gasteiger partial charge in [-0.25, -0.2) is 0 Å². The lowest BCUT2D eigenvalue weighted by molar-refractivity contribution is 0.0951. The minimum absolute atomic E-state index is 0.200. The molecule has 0 bridgehead atoms. The Bertz CT molecular complexity index is 1020. The average molecular weight is 500 g/mol. The Labute approximate surface area is 183 Å². The van der Waals surface area contributed by atoms with Gasteiger partial charge in [0.25, 0.3) is 11.8 Å². The summed E-state index contributed by atoms with van der Waals surface area (Å²) < 4.78 is 6.10. The number of methoxy groups -OCH3 is 1. The molecule has 3 aromatic carbocycles. The molecule has 5 nitrogen and oxygen atoms in total. The molecule has 0 aliphatic rings. The van der Waals surface area contributed by atoms with E-state index in [0.717, 1.165) is 9.13 Å². The number of nitrogens with one attached hydrogen (secondary N) is 1. The zero-order valence-electron chi connectivity index (χ0n) is 16.2. The molecule has 0 unspecified atom stereocenters. The molecule has 1 N–H and O–H groups in total. The van der Waals surface area contributed by atoms with Gasteiger partial charge in [0.15, 0.2) is 0 Å². The van der Waals surface area contributed by atoms with Crippen LogP contribution in [0.5, 0.6) is 5.75 Å². The first kappa shape index (κ1) is 20.9. The van der Waals surface area contributed by atoms with E-state index in [-0.39, 0.29) is 11.8 Å². The van der Waals surface area contributed by atoms with Crippen LogP contribution < -0.4 is 15.0 Å². The molecule has 29 heavy (non-hydrogen) atoms. The van der Waals surface area contributed by atoms with Gasteiger partial charge in [0.05, 0.1) is 21.9 Å². The number of anilines is 1. The summed E-state index contributed by atoms with van der Waals surface area (Å²) >= 11 is 2.13. The molecule has 0 radical (unpaired) electrons. The van der Waals surface area contributed by atoms with Gasteiger partial charge < -0.3 is 15.0 Å². The number of hydrogen-bond donors (Lipinski definition) is 1. The van der Waals surface area contributed by atoms with Gasteiger partial charge in [-0.3, -0.25) is 9.59 Å². The van der Waals surface area contributed by atoms with Crippen molar-refractivity contribution in [3.05, 3.63) is 93.1 Å². The number of nitrogens with zero attached hydrogens (tertiary/aromatic N) is 1. The van der Waals surface area contributed by atoms with E-state index in [2.05, 4.69) is 27.9 Å². The van der Waals surface area contributed by atoms with Crippen LogP contribution in [-0.4, -0.2) is 26.0 Å². The molecule has 6 heteroatoms. The minimum Gasteiger partial charge on any atom is -0.496 e. The van der Waals surface area contributed by atoms with Crippen LogP contribution in [0.1, 0.15) is 26.3 Å². The first-order valence-electron chi connectivity index (χ1n) is 9.04. The third kappa shape index (κ3) is 4.95. The standard InChI is InChI=1S/C23H21IN2O3/c1-26(23(28)17-12-13-21(29-2)19(24)14-17)20-11-7-6-10-18(20)22(27)25-15-16-8-4-3-5-9-16/h3-14H,15H2,1-2H3,(H,25,27). The Hall–Kier alpha value is -2.87. The fourth-order valence-electron chi connectivity index (χ4n) is 2.93. The van der Waals surface area contributed by atoms with Gasteiger partial charge in [0.2, 0.25) is 0 Å². The highest BCUT2D eigenvalue weighted by Crippen LogP contribution is 2.25. The second-order valence-electron chi connectivity index (χ2n) is 6.40. The quantitative estimate of drug-likeness (QED) is 0.507. The fourth-order valence-corrected chi connectivity index (χ4v) is 3.67. The Morgan fingerprint density at radius 1 is 1.00 bits per heavy atom. The van der Waals surface area contributed by atoms with E-state index in [1.54, 1.807) is 50.6 Å². The van der Waals surface area contributed by atoms with Gasteiger partial charge >= 0.3 is 0 Å². The van der Waals surface area contributed by atoms with Crippen LogP contribution in [0.25, 0.3) is 0 Å². The fraction of sp³-hybridized carbons (Fsp3) is 0.130. The lowest BCUT2D eigenvalue weighted by atomic mass is 10.1. The number of benzene rings is 3. The maximum atomic E-state index is 13.0. The predicted octanol–water partition coefficient (Wildman–Crippen LogP) is 4.51. The molecule has 2 amide bonds. The van der Waals surface area contributed by atoms with Crippen molar-refractivity contribution in [2.45, 2.75) is 6.54 Å². The van der Waals surface area contributed by atoms with E-state index in [9.17, 15) is 9.59 Å². The number of carbonyl (C=O) groups is 2. The van der Waals surface area contributed by atoms with E-state index in [0.29, 0.717) is 29.1 Å². The molecule has 0 aromatic heterocycles. The monoisotopic (exact) mass is 500 g/mol. The number of rotatable bonds is 6. The van der Waals surface area contributed by atoms with Gasteiger partial charge in [0.1, 0.15) is 5.75 Å². The molecule has 0 spiro atoms. The Balaban J connectivity index is 1.80. The van der Waals surface area contributed by atoms with E-state index in [1.165, 1.54) is 4.90 Å². The highest BCUT2D eigenvalue weighted by atomic mass is 127. The van der Waals surface area contributed by atoms with Crippen LogP contribution in [-0.2, 0) is 6.54 Å². The summed E-state index contributed by atoms with van der Waals surface area (Å²) in [6.07, 6.45) is 0. The van der Waals surface area contributed by atoms with Gasteiger partial charge in [-0.05, 0) is 58.5 Å². The third-order valence-electron chi connectivity index (χ3n) is 4.51. The molecule has 0 saturated carbocycles. The molecule has 0 aliphatic heterocycles. The van der Waals surface area contributed by atoms with Crippen LogP contribution in [0, 0.1) is 3.57 Å². The van der Waals surface area contributed by atoms with Crippen LogP contribution in [0.2, 0.25) is 0 Å². The molecule has 0 aliphatic carbocycles. The molecule has 0 fully saturated rings. The largest absolute Gasteiger partial charge is 0.496 e. The van der Waals surface area contributed by atoms with Crippen molar-refractivity contribution < 1.29 is 14.3 Å². The van der Waals surface area contributed by atoms with Crippen molar-refractivity contribution in [1.29, 1.82) is 0 Å². The van der Waals surface area contributed by atoms with Crippen molar-refractivity contribution in [3.63, 3.8) is 0 Å². The molecule has 3 aromatic rings. The number of carbonyl (C=O) groups excluding carboxylic acids is 2. The minimum atomic E-state index is -0.228. The number of hydrogen-bond acceptors (Lipinski definition) is 3. The Morgan fingerprint density at radius 3 is 2.38 bits per heavy atom. The van der Waals surface area contributed by atoms with Crippen LogP contribution in [0.15, 0.2) is 72.8 Å². The number of amides is 2. The van der Waals surface area contributed by atoms with Crippen LogP contribution in [0.3, 0.4) is 0 Å². The van der Waals surface area contributed by atoms with Crippen molar-refractivity contribution in [2.24, 2.45) is 0 Å². The van der Waals surface area contributed by atoms with Crippen molar-refractivity contribution >= 4 is 40.1 Å². The first-order chi connectivity index (χ1) is 14.0. The highest BCUT2D eigenvalue weighted by Gasteiger charge is 2.20. The van der Waals surface area contributed by atoms with Gasteiger partial charge in [0, 0.05) is 19.2 Å². The number of halogens is 1. The van der Waals surface area contributed by atoms with E-state index in [4.69, 9.17) is 4.74 Å². The zero-order valence-corrected chi connectivity index (χ0v) is 18.3. The summed E-state index contributed by atoms with van der Waals surface area (Å²) in [5.41, 5.74) is 2.53. The SMILES string of the molecule is COc1ccc(C(=O)N(C)c2ccccc2C(=O)NCc2ccccc2)cc1I.